The van der Waals surface area contributed by atoms with Crippen molar-refractivity contribution in [2.75, 3.05) is 44.2 Å². The molecule has 1 aliphatic heterocycles. The molecule has 1 amide bonds. The van der Waals surface area contributed by atoms with Crippen molar-refractivity contribution in [3.05, 3.63) is 91.0 Å². The highest BCUT2D eigenvalue weighted by atomic mass is 16.5. The molecule has 3 N–H and O–H groups in total. The first-order valence-electron chi connectivity index (χ1n) is 15.4. The molecule has 0 radical (unpaired) electrons. The second-order valence-electron chi connectivity index (χ2n) is 11.7. The average Bonchev–Trinajstić information content (AvgIpc) is 3.45. The molecule has 9 nitrogen and oxygen atoms in total. The summed E-state index contributed by atoms with van der Waals surface area (Å²) >= 11 is 0. The summed E-state index contributed by atoms with van der Waals surface area (Å²) < 4.78 is 7.83. The van der Waals surface area contributed by atoms with E-state index in [-0.39, 0.29) is 18.4 Å². The van der Waals surface area contributed by atoms with Gasteiger partial charge in [0.1, 0.15) is 18.9 Å². The van der Waals surface area contributed by atoms with Crippen LogP contribution in [0.1, 0.15) is 20.3 Å². The van der Waals surface area contributed by atoms with Crippen LogP contribution in [0.2, 0.25) is 0 Å². The summed E-state index contributed by atoms with van der Waals surface area (Å²) in [6, 6.07) is 30.2. The van der Waals surface area contributed by atoms with Crippen LogP contribution in [-0.2, 0) is 11.3 Å². The number of piperazine rings is 1. The van der Waals surface area contributed by atoms with E-state index >= 15 is 0 Å². The standard InChI is InChI=1S/C34H42BN5O4/c1-26(2)22-33(35(42)43)36-34(41)25-40-32(27-10-5-3-6-11-27)24-31(37-40)28-12-9-15-30(23-28)44-21-20-38-16-18-39(19-17-38)29-13-7-4-8-14-29/h3-15,23-24,26,33,42-43H,16-22,25H2,1-2H3,(H,36,41)/t33-/m0/s1. The molecular formula is C34H42BN5O4. The average molecular weight is 596 g/mol. The Hall–Kier alpha value is -4.12. The molecule has 1 aliphatic rings. The van der Waals surface area contributed by atoms with E-state index in [1.807, 2.05) is 74.5 Å². The zero-order valence-electron chi connectivity index (χ0n) is 25.5. The van der Waals surface area contributed by atoms with Crippen LogP contribution in [0.25, 0.3) is 22.5 Å². The van der Waals surface area contributed by atoms with Crippen LogP contribution < -0.4 is 15.0 Å². The van der Waals surface area contributed by atoms with Crippen LogP contribution in [0, 0.1) is 5.92 Å². The number of nitrogens with one attached hydrogen (secondary N) is 1. The van der Waals surface area contributed by atoms with Gasteiger partial charge in [-0.15, -0.1) is 0 Å². The monoisotopic (exact) mass is 595 g/mol. The molecule has 44 heavy (non-hydrogen) atoms. The maximum atomic E-state index is 13.0. The molecular weight excluding hydrogens is 553 g/mol. The first kappa shape index (κ1) is 31.3. The summed E-state index contributed by atoms with van der Waals surface area (Å²) in [5, 5.41) is 27.1. The lowest BCUT2D eigenvalue weighted by atomic mass is 9.75. The van der Waals surface area contributed by atoms with Gasteiger partial charge in [0.25, 0.3) is 0 Å². The van der Waals surface area contributed by atoms with E-state index in [1.165, 1.54) is 5.69 Å². The Morgan fingerprint density at radius 3 is 2.27 bits per heavy atom. The number of rotatable bonds is 13. The van der Waals surface area contributed by atoms with Gasteiger partial charge in [0.05, 0.1) is 17.3 Å². The van der Waals surface area contributed by atoms with Crippen molar-refractivity contribution in [1.29, 1.82) is 0 Å². The van der Waals surface area contributed by atoms with Gasteiger partial charge in [-0.2, -0.15) is 5.10 Å². The van der Waals surface area contributed by atoms with Crippen LogP contribution in [0.3, 0.4) is 0 Å². The third-order valence-electron chi connectivity index (χ3n) is 7.87. The van der Waals surface area contributed by atoms with Crippen LogP contribution in [-0.4, -0.2) is 83.0 Å². The molecule has 1 aromatic heterocycles. The summed E-state index contributed by atoms with van der Waals surface area (Å²) in [5.74, 6) is -0.124. The van der Waals surface area contributed by atoms with Gasteiger partial charge in [0, 0.05) is 44.0 Å². The molecule has 10 heteroatoms. The summed E-state index contributed by atoms with van der Waals surface area (Å²) in [5.41, 5.74) is 4.61. The minimum absolute atomic E-state index is 0.0563. The molecule has 2 heterocycles. The number of hydrogen-bond donors (Lipinski definition) is 3. The van der Waals surface area contributed by atoms with Crippen molar-refractivity contribution in [1.82, 2.24) is 20.0 Å². The van der Waals surface area contributed by atoms with Crippen molar-refractivity contribution >= 4 is 18.7 Å². The molecule has 0 bridgehead atoms. The highest BCUT2D eigenvalue weighted by Gasteiger charge is 2.26. The number of benzene rings is 3. The van der Waals surface area contributed by atoms with Gasteiger partial charge in [-0.25, -0.2) is 0 Å². The number of anilines is 1. The number of para-hydroxylation sites is 1. The smallest absolute Gasteiger partial charge is 0.475 e. The minimum Gasteiger partial charge on any atom is -0.492 e. The second kappa shape index (κ2) is 15.1. The SMILES string of the molecule is CC(C)C[C@H](NC(=O)Cn1nc(-c2cccc(OCCN3CCN(c4ccccc4)CC3)c2)cc1-c1ccccc1)B(O)O. The predicted octanol–water partition coefficient (Wildman–Crippen LogP) is 3.96. The van der Waals surface area contributed by atoms with E-state index in [4.69, 9.17) is 9.84 Å². The summed E-state index contributed by atoms with van der Waals surface area (Å²) in [4.78, 5) is 17.9. The number of carbonyl (C=O) groups excluding carboxylic acids is 1. The topological polar surface area (TPSA) is 103 Å². The fourth-order valence-electron chi connectivity index (χ4n) is 5.58. The lowest BCUT2D eigenvalue weighted by molar-refractivity contribution is -0.122. The third kappa shape index (κ3) is 8.50. The van der Waals surface area contributed by atoms with Crippen LogP contribution in [0.5, 0.6) is 5.75 Å². The Kier molecular flexibility index (Phi) is 10.7. The maximum Gasteiger partial charge on any atom is 0.475 e. The first-order chi connectivity index (χ1) is 21.4. The zero-order valence-corrected chi connectivity index (χ0v) is 25.5. The van der Waals surface area contributed by atoms with Gasteiger partial charge in [0.2, 0.25) is 5.91 Å². The number of aromatic nitrogens is 2. The number of nitrogens with zero attached hydrogens (tertiary/aromatic N) is 4. The van der Waals surface area contributed by atoms with E-state index in [9.17, 15) is 14.8 Å². The molecule has 1 atom stereocenters. The molecule has 5 rings (SSSR count). The van der Waals surface area contributed by atoms with Crippen LogP contribution >= 0.6 is 0 Å². The van der Waals surface area contributed by atoms with Gasteiger partial charge in [-0.05, 0) is 48.2 Å². The number of carbonyl (C=O) groups is 1. The van der Waals surface area contributed by atoms with Crippen LogP contribution in [0.15, 0.2) is 91.0 Å². The fourth-order valence-corrected chi connectivity index (χ4v) is 5.58. The summed E-state index contributed by atoms with van der Waals surface area (Å²) in [7, 11) is -1.63. The molecule has 1 saturated heterocycles. The Bertz CT molecular complexity index is 1470. The van der Waals surface area contributed by atoms with E-state index in [1.54, 1.807) is 4.68 Å². The van der Waals surface area contributed by atoms with E-state index < -0.39 is 13.1 Å². The summed E-state index contributed by atoms with van der Waals surface area (Å²) in [6.45, 7) is 9.34. The number of amides is 1. The van der Waals surface area contributed by atoms with Crippen molar-refractivity contribution in [2.24, 2.45) is 5.92 Å². The van der Waals surface area contributed by atoms with Crippen molar-refractivity contribution < 1.29 is 19.6 Å². The van der Waals surface area contributed by atoms with Gasteiger partial charge in [0.15, 0.2) is 0 Å². The van der Waals surface area contributed by atoms with Crippen molar-refractivity contribution in [2.45, 2.75) is 32.8 Å². The molecule has 3 aromatic carbocycles. The van der Waals surface area contributed by atoms with E-state index in [2.05, 4.69) is 45.4 Å². The maximum absolute atomic E-state index is 13.0. The molecule has 4 aromatic rings. The fraction of sp³-hybridized carbons (Fsp3) is 0.353. The molecule has 0 unspecified atom stereocenters. The third-order valence-corrected chi connectivity index (χ3v) is 7.87. The van der Waals surface area contributed by atoms with Gasteiger partial charge < -0.3 is 25.0 Å². The van der Waals surface area contributed by atoms with E-state index in [0.717, 1.165) is 61.0 Å². The van der Waals surface area contributed by atoms with Gasteiger partial charge in [-0.3, -0.25) is 14.4 Å². The summed E-state index contributed by atoms with van der Waals surface area (Å²) in [6.07, 6.45) is 0.454. The zero-order chi connectivity index (χ0) is 30.9. The lowest BCUT2D eigenvalue weighted by Crippen LogP contribution is -2.48. The normalized spacial score (nSPS) is 14.4. The highest BCUT2D eigenvalue weighted by molar-refractivity contribution is 6.43. The molecule has 1 fully saturated rings. The highest BCUT2D eigenvalue weighted by Crippen LogP contribution is 2.28. The molecule has 0 saturated carbocycles. The predicted molar refractivity (Wildman–Crippen MR) is 175 cm³/mol. The number of hydrogen-bond acceptors (Lipinski definition) is 7. The molecule has 0 spiro atoms. The van der Waals surface area contributed by atoms with Crippen molar-refractivity contribution in [3.8, 4) is 28.3 Å². The molecule has 0 aliphatic carbocycles. The molecule has 230 valence electrons. The van der Waals surface area contributed by atoms with Crippen molar-refractivity contribution in [3.63, 3.8) is 0 Å². The number of ether oxygens (including phenoxy) is 1. The Labute approximate surface area is 260 Å². The first-order valence-corrected chi connectivity index (χ1v) is 15.4. The Balaban J connectivity index is 1.23. The minimum atomic E-state index is -1.63. The second-order valence-corrected chi connectivity index (χ2v) is 11.7. The quantitative estimate of drug-likeness (QED) is 0.201. The van der Waals surface area contributed by atoms with Crippen LogP contribution in [0.4, 0.5) is 5.69 Å². The van der Waals surface area contributed by atoms with Gasteiger partial charge in [-0.1, -0.05) is 74.5 Å². The largest absolute Gasteiger partial charge is 0.492 e. The van der Waals surface area contributed by atoms with E-state index in [0.29, 0.717) is 13.0 Å². The lowest BCUT2D eigenvalue weighted by Gasteiger charge is -2.36. The Morgan fingerprint density at radius 1 is 0.909 bits per heavy atom. The Morgan fingerprint density at radius 2 is 1.59 bits per heavy atom. The van der Waals surface area contributed by atoms with Gasteiger partial charge >= 0.3 is 7.12 Å².